The Morgan fingerprint density at radius 2 is 1.32 bits per heavy atom. The van der Waals surface area contributed by atoms with Gasteiger partial charge in [-0.3, -0.25) is 4.79 Å². The molecule has 1 aliphatic carbocycles. The zero-order chi connectivity index (χ0) is 25.7. The number of carbonyl (C=O) groups excluding carboxylic acids is 1. The highest BCUT2D eigenvalue weighted by atomic mass is 16.2. The van der Waals surface area contributed by atoms with Crippen LogP contribution in [0.25, 0.3) is 0 Å². The molecule has 2 fully saturated rings. The number of likely N-dealkylation sites (tertiary alicyclic amines) is 2. The normalized spacial score (nSPS) is 26.5. The molecule has 0 saturated carbocycles. The molecule has 0 bridgehead atoms. The van der Waals surface area contributed by atoms with Crippen LogP contribution < -0.4 is 0 Å². The molecule has 3 aliphatic rings. The first kappa shape index (κ1) is 25.1. The summed E-state index contributed by atoms with van der Waals surface area (Å²) in [4.78, 5) is 19.0. The Hall–Kier alpha value is -3.17. The highest BCUT2D eigenvalue weighted by molar-refractivity contribution is 5.81. The molecule has 38 heavy (non-hydrogen) atoms. The van der Waals surface area contributed by atoms with Gasteiger partial charge in [0.1, 0.15) is 0 Å². The van der Waals surface area contributed by atoms with Crippen LogP contribution in [-0.2, 0) is 4.79 Å². The highest BCUT2D eigenvalue weighted by Gasteiger charge is 2.41. The van der Waals surface area contributed by atoms with E-state index < -0.39 is 0 Å². The minimum Gasteiger partial charge on any atom is -0.341 e. The molecule has 6 rings (SSSR count). The molecule has 0 spiro atoms. The van der Waals surface area contributed by atoms with Gasteiger partial charge in [-0.15, -0.1) is 0 Å². The van der Waals surface area contributed by atoms with E-state index in [0.29, 0.717) is 23.7 Å². The minimum atomic E-state index is 0.0409. The van der Waals surface area contributed by atoms with E-state index in [1.165, 1.54) is 29.5 Å². The SMILES string of the molecule is O=C([C@H]1CCC=C[C@H]1c1ccccc1)N1CC(CN2CCC(c3ccccc3)CC2)C(c2ccccc2)C1. The van der Waals surface area contributed by atoms with Crippen LogP contribution in [0.4, 0.5) is 0 Å². The predicted molar refractivity (Wildman–Crippen MR) is 155 cm³/mol. The maximum Gasteiger partial charge on any atom is 0.226 e. The summed E-state index contributed by atoms with van der Waals surface area (Å²) in [5.41, 5.74) is 4.13. The molecule has 2 unspecified atom stereocenters. The summed E-state index contributed by atoms with van der Waals surface area (Å²) in [5.74, 6) is 2.14. The second-order valence-corrected chi connectivity index (χ2v) is 11.6. The van der Waals surface area contributed by atoms with Crippen molar-refractivity contribution in [2.45, 2.75) is 43.4 Å². The topological polar surface area (TPSA) is 23.6 Å². The van der Waals surface area contributed by atoms with Crippen LogP contribution in [0, 0.1) is 11.8 Å². The first-order valence-corrected chi connectivity index (χ1v) is 14.6. The van der Waals surface area contributed by atoms with Crippen molar-refractivity contribution < 1.29 is 4.79 Å². The average Bonchev–Trinajstić information content (AvgIpc) is 3.42. The lowest BCUT2D eigenvalue weighted by Gasteiger charge is -2.35. The fraction of sp³-hybridized carbons (Fsp3) is 0.400. The lowest BCUT2D eigenvalue weighted by Crippen LogP contribution is -2.40. The van der Waals surface area contributed by atoms with Gasteiger partial charge >= 0.3 is 0 Å². The number of piperidine rings is 1. The minimum absolute atomic E-state index is 0.0409. The van der Waals surface area contributed by atoms with Gasteiger partial charge in [-0.2, -0.15) is 0 Å². The molecule has 3 heteroatoms. The van der Waals surface area contributed by atoms with Crippen LogP contribution in [0.3, 0.4) is 0 Å². The summed E-state index contributed by atoms with van der Waals surface area (Å²) in [6, 6.07) is 32.6. The number of hydrogen-bond donors (Lipinski definition) is 0. The van der Waals surface area contributed by atoms with Crippen LogP contribution >= 0.6 is 0 Å². The van der Waals surface area contributed by atoms with Crippen molar-refractivity contribution in [3.05, 3.63) is 120 Å². The number of amides is 1. The molecule has 196 valence electrons. The summed E-state index contributed by atoms with van der Waals surface area (Å²) in [6.07, 6.45) is 8.93. The van der Waals surface area contributed by atoms with E-state index in [4.69, 9.17) is 0 Å². The summed E-state index contributed by atoms with van der Waals surface area (Å²) in [7, 11) is 0. The van der Waals surface area contributed by atoms with Gasteiger partial charge in [0.15, 0.2) is 0 Å². The van der Waals surface area contributed by atoms with E-state index in [1.807, 2.05) is 0 Å². The summed E-state index contributed by atoms with van der Waals surface area (Å²) >= 11 is 0. The average molecular weight is 505 g/mol. The van der Waals surface area contributed by atoms with Crippen molar-refractivity contribution in [1.29, 1.82) is 0 Å². The quantitative estimate of drug-likeness (QED) is 0.343. The molecule has 3 nitrogen and oxygen atoms in total. The molecule has 0 aromatic heterocycles. The predicted octanol–water partition coefficient (Wildman–Crippen LogP) is 6.86. The van der Waals surface area contributed by atoms with E-state index in [-0.39, 0.29) is 11.8 Å². The second kappa shape index (κ2) is 11.7. The summed E-state index contributed by atoms with van der Waals surface area (Å²) < 4.78 is 0. The van der Waals surface area contributed by atoms with E-state index in [0.717, 1.165) is 45.6 Å². The molecule has 2 heterocycles. The monoisotopic (exact) mass is 504 g/mol. The molecule has 2 aliphatic heterocycles. The van der Waals surface area contributed by atoms with Crippen molar-refractivity contribution in [1.82, 2.24) is 9.80 Å². The Labute approximate surface area is 228 Å². The fourth-order valence-corrected chi connectivity index (χ4v) is 7.18. The number of allylic oxidation sites excluding steroid dienone is 2. The van der Waals surface area contributed by atoms with Crippen LogP contribution in [0.2, 0.25) is 0 Å². The largest absolute Gasteiger partial charge is 0.341 e. The highest BCUT2D eigenvalue weighted by Crippen LogP contribution is 2.39. The first-order chi connectivity index (χ1) is 18.8. The van der Waals surface area contributed by atoms with Gasteiger partial charge < -0.3 is 9.80 Å². The van der Waals surface area contributed by atoms with Crippen LogP contribution in [0.1, 0.15) is 60.1 Å². The Kier molecular flexibility index (Phi) is 7.74. The number of rotatable bonds is 6. The van der Waals surface area contributed by atoms with Gasteiger partial charge in [-0.05, 0) is 67.3 Å². The van der Waals surface area contributed by atoms with Crippen molar-refractivity contribution in [3.8, 4) is 0 Å². The molecule has 0 radical (unpaired) electrons. The Morgan fingerprint density at radius 1 is 0.711 bits per heavy atom. The van der Waals surface area contributed by atoms with Gasteiger partial charge in [0, 0.05) is 37.4 Å². The smallest absolute Gasteiger partial charge is 0.226 e. The lowest BCUT2D eigenvalue weighted by molar-refractivity contribution is -0.135. The number of hydrogen-bond acceptors (Lipinski definition) is 2. The van der Waals surface area contributed by atoms with Gasteiger partial charge in [-0.1, -0.05) is 103 Å². The zero-order valence-electron chi connectivity index (χ0n) is 22.4. The van der Waals surface area contributed by atoms with Gasteiger partial charge in [0.05, 0.1) is 0 Å². The molecule has 0 N–H and O–H groups in total. The van der Waals surface area contributed by atoms with Crippen LogP contribution in [0.5, 0.6) is 0 Å². The maximum atomic E-state index is 14.1. The van der Waals surface area contributed by atoms with Crippen molar-refractivity contribution in [2.24, 2.45) is 11.8 Å². The van der Waals surface area contributed by atoms with Crippen LogP contribution in [-0.4, -0.2) is 48.4 Å². The standard InChI is InChI=1S/C35H40N2O/c38-35(33-19-11-10-18-32(33)29-14-6-2-7-15-29)37-25-31(34(26-37)30-16-8-3-9-17-30)24-36-22-20-28(21-23-36)27-12-4-1-5-13-27/h1-10,12-18,28,31-34H,11,19-26H2/t31?,32-,33-,34?/m0/s1. The van der Waals surface area contributed by atoms with E-state index >= 15 is 0 Å². The Bertz CT molecular complexity index is 1200. The number of benzene rings is 3. The zero-order valence-corrected chi connectivity index (χ0v) is 22.4. The molecule has 3 aromatic rings. The molecular weight excluding hydrogens is 464 g/mol. The summed E-state index contributed by atoms with van der Waals surface area (Å²) in [5, 5.41) is 0. The molecule has 3 aromatic carbocycles. The maximum absolute atomic E-state index is 14.1. The second-order valence-electron chi connectivity index (χ2n) is 11.6. The number of carbonyl (C=O) groups is 1. The van der Waals surface area contributed by atoms with Crippen molar-refractivity contribution in [2.75, 3.05) is 32.7 Å². The lowest BCUT2D eigenvalue weighted by atomic mass is 9.79. The molecular formula is C35H40N2O. The third-order valence-electron chi connectivity index (χ3n) is 9.25. The van der Waals surface area contributed by atoms with Gasteiger partial charge in [0.2, 0.25) is 5.91 Å². The fourth-order valence-electron chi connectivity index (χ4n) is 7.18. The van der Waals surface area contributed by atoms with Gasteiger partial charge in [-0.25, -0.2) is 0 Å². The van der Waals surface area contributed by atoms with E-state index in [1.54, 1.807) is 0 Å². The third-order valence-corrected chi connectivity index (χ3v) is 9.25. The first-order valence-electron chi connectivity index (χ1n) is 14.6. The van der Waals surface area contributed by atoms with E-state index in [2.05, 4.69) is 113 Å². The molecule has 1 amide bonds. The summed E-state index contributed by atoms with van der Waals surface area (Å²) in [6.45, 7) is 5.09. The Morgan fingerprint density at radius 3 is 1.97 bits per heavy atom. The molecule has 4 atom stereocenters. The van der Waals surface area contributed by atoms with Gasteiger partial charge in [0.25, 0.3) is 0 Å². The van der Waals surface area contributed by atoms with Crippen LogP contribution in [0.15, 0.2) is 103 Å². The third kappa shape index (κ3) is 5.49. The molecule has 2 saturated heterocycles. The van der Waals surface area contributed by atoms with E-state index in [9.17, 15) is 4.79 Å². The number of nitrogens with zero attached hydrogens (tertiary/aromatic N) is 2. The van der Waals surface area contributed by atoms with Crippen molar-refractivity contribution in [3.63, 3.8) is 0 Å². The Balaban J connectivity index is 1.16. The van der Waals surface area contributed by atoms with Crippen molar-refractivity contribution >= 4 is 5.91 Å².